The molecule has 0 radical (unpaired) electrons. The van der Waals surface area contributed by atoms with Crippen molar-refractivity contribution in [1.29, 1.82) is 0 Å². The van der Waals surface area contributed by atoms with Crippen molar-refractivity contribution < 1.29 is 9.21 Å². The SMILES string of the molecule is CCc1cc([C@@H](c2cccs2)N2CCN(CC)CC2)c(NC(=O)c2ccco2)s1. The van der Waals surface area contributed by atoms with Gasteiger partial charge in [-0.25, -0.2) is 0 Å². The third kappa shape index (κ3) is 4.48. The van der Waals surface area contributed by atoms with Crippen LogP contribution in [0.5, 0.6) is 0 Å². The number of carbonyl (C=O) groups is 1. The first-order valence-electron chi connectivity index (χ1n) is 10.2. The second kappa shape index (κ2) is 9.26. The monoisotopic (exact) mass is 429 g/mol. The topological polar surface area (TPSA) is 48.7 Å². The molecule has 3 aromatic heterocycles. The number of aryl methyl sites for hydroxylation is 1. The molecular formula is C22H27N3O2S2. The van der Waals surface area contributed by atoms with Gasteiger partial charge in [0.1, 0.15) is 5.00 Å². The number of amides is 1. The van der Waals surface area contributed by atoms with Gasteiger partial charge in [0, 0.05) is 41.5 Å². The molecule has 7 heteroatoms. The minimum atomic E-state index is -0.193. The van der Waals surface area contributed by atoms with Crippen molar-refractivity contribution in [2.45, 2.75) is 26.3 Å². The third-order valence-corrected chi connectivity index (χ3v) is 7.59. The number of hydrogen-bond donors (Lipinski definition) is 1. The summed E-state index contributed by atoms with van der Waals surface area (Å²) in [6.45, 7) is 9.70. The van der Waals surface area contributed by atoms with Gasteiger partial charge in [0.25, 0.3) is 5.91 Å². The molecule has 0 spiro atoms. The number of piperazine rings is 1. The quantitative estimate of drug-likeness (QED) is 0.578. The molecule has 0 bridgehead atoms. The van der Waals surface area contributed by atoms with E-state index < -0.39 is 0 Å². The number of nitrogens with one attached hydrogen (secondary N) is 1. The van der Waals surface area contributed by atoms with Crippen molar-refractivity contribution in [3.63, 3.8) is 0 Å². The minimum absolute atomic E-state index is 0.164. The van der Waals surface area contributed by atoms with E-state index in [4.69, 9.17) is 4.42 Å². The Balaban J connectivity index is 1.67. The summed E-state index contributed by atoms with van der Waals surface area (Å²) in [5.41, 5.74) is 1.19. The molecule has 0 saturated carbocycles. The van der Waals surface area contributed by atoms with Crippen LogP contribution in [0.25, 0.3) is 0 Å². The van der Waals surface area contributed by atoms with Crippen molar-refractivity contribution in [3.05, 3.63) is 63.1 Å². The van der Waals surface area contributed by atoms with E-state index in [0.29, 0.717) is 5.76 Å². The number of carbonyl (C=O) groups excluding carboxylic acids is 1. The van der Waals surface area contributed by atoms with Gasteiger partial charge in [0.2, 0.25) is 0 Å². The van der Waals surface area contributed by atoms with Gasteiger partial charge in [0.15, 0.2) is 5.76 Å². The zero-order valence-electron chi connectivity index (χ0n) is 16.9. The highest BCUT2D eigenvalue weighted by molar-refractivity contribution is 7.16. The van der Waals surface area contributed by atoms with Gasteiger partial charge < -0.3 is 14.6 Å². The lowest BCUT2D eigenvalue weighted by Gasteiger charge is -2.38. The largest absolute Gasteiger partial charge is 0.459 e. The lowest BCUT2D eigenvalue weighted by atomic mass is 10.0. The maximum atomic E-state index is 12.7. The van der Waals surface area contributed by atoms with Gasteiger partial charge in [-0.1, -0.05) is 19.9 Å². The first kappa shape index (κ1) is 20.3. The number of nitrogens with zero attached hydrogens (tertiary/aromatic N) is 2. The van der Waals surface area contributed by atoms with Crippen molar-refractivity contribution in [1.82, 2.24) is 9.80 Å². The van der Waals surface area contributed by atoms with E-state index in [1.54, 1.807) is 34.8 Å². The van der Waals surface area contributed by atoms with E-state index in [1.807, 2.05) is 0 Å². The molecule has 4 heterocycles. The van der Waals surface area contributed by atoms with Gasteiger partial charge in [0.05, 0.1) is 12.3 Å². The Morgan fingerprint density at radius 3 is 2.66 bits per heavy atom. The Hall–Kier alpha value is -1.93. The number of furan rings is 1. The van der Waals surface area contributed by atoms with Crippen LogP contribution >= 0.6 is 22.7 Å². The van der Waals surface area contributed by atoms with Crippen molar-refractivity contribution in [3.8, 4) is 0 Å². The molecule has 4 rings (SSSR count). The van der Waals surface area contributed by atoms with Crippen molar-refractivity contribution >= 4 is 33.6 Å². The predicted molar refractivity (Wildman–Crippen MR) is 120 cm³/mol. The average molecular weight is 430 g/mol. The molecule has 1 fully saturated rings. The summed E-state index contributed by atoms with van der Waals surface area (Å²) in [4.78, 5) is 20.3. The van der Waals surface area contributed by atoms with Crippen LogP contribution < -0.4 is 5.32 Å². The Bertz CT molecular complexity index is 910. The predicted octanol–water partition coefficient (Wildman–Crippen LogP) is 4.94. The summed E-state index contributed by atoms with van der Waals surface area (Å²) in [7, 11) is 0. The van der Waals surface area contributed by atoms with E-state index in [-0.39, 0.29) is 11.9 Å². The van der Waals surface area contributed by atoms with Crippen molar-refractivity contribution in [2.75, 3.05) is 38.0 Å². The smallest absolute Gasteiger partial charge is 0.291 e. The highest BCUT2D eigenvalue weighted by Gasteiger charge is 2.30. The molecule has 3 aromatic rings. The summed E-state index contributed by atoms with van der Waals surface area (Å²) < 4.78 is 5.29. The number of anilines is 1. The molecule has 1 N–H and O–H groups in total. The molecule has 5 nitrogen and oxygen atoms in total. The van der Waals surface area contributed by atoms with Gasteiger partial charge in [-0.2, -0.15) is 0 Å². The van der Waals surface area contributed by atoms with E-state index in [9.17, 15) is 4.79 Å². The fourth-order valence-electron chi connectivity index (χ4n) is 3.82. The van der Waals surface area contributed by atoms with E-state index in [2.05, 4.69) is 52.5 Å². The van der Waals surface area contributed by atoms with E-state index in [0.717, 1.165) is 44.1 Å². The Labute approximate surface area is 179 Å². The summed E-state index contributed by atoms with van der Waals surface area (Å²) in [6, 6.07) is 10.2. The average Bonchev–Trinajstić information content (AvgIpc) is 3.51. The standard InChI is InChI=1S/C22H27N3O2S2/c1-3-16-15-17(22(29-16)23-21(26)18-7-5-13-27-18)20(19-8-6-14-28-19)25-11-9-24(4-2)10-12-25/h5-8,13-15,20H,3-4,9-12H2,1-2H3,(H,23,26)/t20-/m0/s1. The summed E-state index contributed by atoms with van der Waals surface area (Å²) in [6.07, 6.45) is 2.48. The van der Waals surface area contributed by atoms with Crippen LogP contribution in [0.15, 0.2) is 46.4 Å². The van der Waals surface area contributed by atoms with Crippen LogP contribution in [0.4, 0.5) is 5.00 Å². The van der Waals surface area contributed by atoms with Gasteiger partial charge in [-0.15, -0.1) is 22.7 Å². The fourth-order valence-corrected chi connectivity index (χ4v) is 5.72. The second-order valence-corrected chi connectivity index (χ2v) is 9.29. The van der Waals surface area contributed by atoms with Crippen LogP contribution in [-0.2, 0) is 6.42 Å². The molecule has 1 aliphatic heterocycles. The lowest BCUT2D eigenvalue weighted by molar-refractivity contribution is 0.0996. The second-order valence-electron chi connectivity index (χ2n) is 7.17. The number of rotatable bonds is 7. The highest BCUT2D eigenvalue weighted by atomic mass is 32.1. The maximum absolute atomic E-state index is 12.7. The third-order valence-electron chi connectivity index (χ3n) is 5.46. The lowest BCUT2D eigenvalue weighted by Crippen LogP contribution is -2.47. The molecule has 1 saturated heterocycles. The number of thiophene rings is 2. The highest BCUT2D eigenvalue weighted by Crippen LogP contribution is 2.41. The van der Waals surface area contributed by atoms with Gasteiger partial charge in [-0.3, -0.25) is 9.69 Å². The van der Waals surface area contributed by atoms with E-state index in [1.165, 1.54) is 21.6 Å². The maximum Gasteiger partial charge on any atom is 0.291 e. The molecule has 0 aromatic carbocycles. The molecule has 1 aliphatic rings. The molecule has 1 atom stereocenters. The zero-order chi connectivity index (χ0) is 20.2. The van der Waals surface area contributed by atoms with Crippen LogP contribution in [0.2, 0.25) is 0 Å². The Morgan fingerprint density at radius 1 is 1.21 bits per heavy atom. The van der Waals surface area contributed by atoms with E-state index >= 15 is 0 Å². The molecule has 0 aliphatic carbocycles. The Kier molecular flexibility index (Phi) is 6.50. The number of hydrogen-bond acceptors (Lipinski definition) is 6. The van der Waals surface area contributed by atoms with Gasteiger partial charge in [-0.05, 0) is 42.6 Å². The summed E-state index contributed by atoms with van der Waals surface area (Å²) in [5, 5.41) is 6.19. The van der Waals surface area contributed by atoms with Crippen LogP contribution in [0.3, 0.4) is 0 Å². The molecular weight excluding hydrogens is 402 g/mol. The first-order chi connectivity index (χ1) is 14.2. The van der Waals surface area contributed by atoms with Crippen LogP contribution in [0.1, 0.15) is 45.8 Å². The van der Waals surface area contributed by atoms with Crippen molar-refractivity contribution in [2.24, 2.45) is 0 Å². The van der Waals surface area contributed by atoms with Gasteiger partial charge >= 0.3 is 0 Å². The Morgan fingerprint density at radius 2 is 2.03 bits per heavy atom. The molecule has 154 valence electrons. The fraction of sp³-hybridized carbons (Fsp3) is 0.409. The molecule has 29 heavy (non-hydrogen) atoms. The summed E-state index contributed by atoms with van der Waals surface area (Å²) in [5.74, 6) is 0.146. The van der Waals surface area contributed by atoms with Crippen LogP contribution in [0, 0.1) is 0 Å². The molecule has 1 amide bonds. The first-order valence-corrected chi connectivity index (χ1v) is 11.9. The minimum Gasteiger partial charge on any atom is -0.459 e. The zero-order valence-corrected chi connectivity index (χ0v) is 18.5. The van der Waals surface area contributed by atoms with Crippen LogP contribution in [-0.4, -0.2) is 48.4 Å². The molecule has 0 unspecified atom stereocenters. The summed E-state index contributed by atoms with van der Waals surface area (Å²) >= 11 is 3.46. The normalized spacial score (nSPS) is 16.8. The number of likely N-dealkylation sites (N-methyl/N-ethyl adjacent to an activating group) is 1.